The lowest BCUT2D eigenvalue weighted by molar-refractivity contribution is 0.474. The summed E-state index contributed by atoms with van der Waals surface area (Å²) in [5.74, 6) is 0. The highest BCUT2D eigenvalue weighted by Crippen LogP contribution is 2.38. The van der Waals surface area contributed by atoms with Crippen LogP contribution in [0.15, 0.2) is 79.4 Å². The van der Waals surface area contributed by atoms with Crippen molar-refractivity contribution in [1.82, 2.24) is 19.9 Å². The number of pyridine rings is 1. The van der Waals surface area contributed by atoms with Crippen molar-refractivity contribution < 1.29 is 0 Å². The average Bonchev–Trinajstić information content (AvgIpc) is 3.30. The summed E-state index contributed by atoms with van der Waals surface area (Å²) >= 11 is 0. The van der Waals surface area contributed by atoms with Crippen LogP contribution in [-0.2, 0) is 0 Å². The van der Waals surface area contributed by atoms with Gasteiger partial charge in [-0.3, -0.25) is 4.98 Å². The molecular weight excluding hydrogens is 368 g/mol. The van der Waals surface area contributed by atoms with Gasteiger partial charge in [0.1, 0.15) is 0 Å². The fraction of sp³-hybridized carbons (Fsp3) is 0.115. The van der Waals surface area contributed by atoms with Crippen LogP contribution in [0.25, 0.3) is 50.4 Å². The zero-order valence-electron chi connectivity index (χ0n) is 16.7. The van der Waals surface area contributed by atoms with Crippen molar-refractivity contribution in [3.8, 4) is 11.1 Å². The van der Waals surface area contributed by atoms with E-state index in [-0.39, 0.29) is 6.04 Å². The van der Waals surface area contributed by atoms with E-state index >= 15 is 0 Å². The van der Waals surface area contributed by atoms with Gasteiger partial charge in [0.25, 0.3) is 0 Å². The second-order valence-corrected chi connectivity index (χ2v) is 8.09. The number of allylic oxidation sites excluding steroid dienone is 2. The van der Waals surface area contributed by atoms with Gasteiger partial charge < -0.3 is 14.9 Å². The molecule has 1 fully saturated rings. The maximum atomic E-state index is 4.82. The van der Waals surface area contributed by atoms with E-state index in [0.717, 1.165) is 57.1 Å². The summed E-state index contributed by atoms with van der Waals surface area (Å²) in [5, 5.41) is 7.88. The molecule has 4 heteroatoms. The van der Waals surface area contributed by atoms with Gasteiger partial charge in [-0.2, -0.15) is 0 Å². The first kappa shape index (κ1) is 17.1. The molecule has 0 spiro atoms. The van der Waals surface area contributed by atoms with E-state index in [2.05, 4.69) is 83.3 Å². The number of benzene rings is 2. The number of hydrogen-bond acceptors (Lipinski definition) is 2. The van der Waals surface area contributed by atoms with Crippen LogP contribution in [0.2, 0.25) is 0 Å². The summed E-state index contributed by atoms with van der Waals surface area (Å²) in [6.45, 7) is 12.8. The van der Waals surface area contributed by atoms with E-state index in [9.17, 15) is 0 Å². The summed E-state index contributed by atoms with van der Waals surface area (Å²) in [5.41, 5.74) is 7.61. The standard InChI is InChI=1S/C26H22N4/c1-15-8-11-23(16(2)29-15)30-17(3)18-9-10-20(26-25(18)24(30)12-13-27-26)21-14-28-22-7-5-4-6-19(21)22/h4-7,9-10,12-14,23,28-29H,1-3,8,11H2. The molecule has 3 aromatic heterocycles. The van der Waals surface area contributed by atoms with Crippen molar-refractivity contribution in [3.05, 3.63) is 84.8 Å². The molecule has 146 valence electrons. The quantitative estimate of drug-likeness (QED) is 0.423. The molecule has 30 heavy (non-hydrogen) atoms. The predicted molar refractivity (Wildman–Crippen MR) is 125 cm³/mol. The summed E-state index contributed by atoms with van der Waals surface area (Å²) in [6.07, 6.45) is 5.88. The number of aromatic nitrogens is 3. The number of rotatable bonds is 2. The van der Waals surface area contributed by atoms with Gasteiger partial charge in [0.15, 0.2) is 0 Å². The van der Waals surface area contributed by atoms with E-state index in [1.165, 1.54) is 16.3 Å². The van der Waals surface area contributed by atoms with E-state index < -0.39 is 0 Å². The van der Waals surface area contributed by atoms with E-state index in [4.69, 9.17) is 4.98 Å². The lowest BCUT2D eigenvalue weighted by atomic mass is 9.99. The van der Waals surface area contributed by atoms with Gasteiger partial charge in [-0.15, -0.1) is 0 Å². The third-order valence-corrected chi connectivity index (χ3v) is 6.38. The van der Waals surface area contributed by atoms with Crippen LogP contribution in [0.4, 0.5) is 0 Å². The Morgan fingerprint density at radius 3 is 2.70 bits per heavy atom. The topological polar surface area (TPSA) is 45.6 Å². The normalized spacial score (nSPS) is 17.3. The Balaban J connectivity index is 1.64. The number of nitrogens with one attached hydrogen (secondary N) is 2. The molecular formula is C26H22N4. The first-order valence-corrected chi connectivity index (χ1v) is 10.2. The Hall–Kier alpha value is -3.79. The number of hydrogen-bond donors (Lipinski definition) is 2. The third kappa shape index (κ3) is 2.25. The van der Waals surface area contributed by atoms with Gasteiger partial charge >= 0.3 is 0 Å². The number of aromatic amines is 1. The maximum absolute atomic E-state index is 4.82. The summed E-state index contributed by atoms with van der Waals surface area (Å²) in [7, 11) is 0. The highest BCUT2D eigenvalue weighted by Gasteiger charge is 2.25. The molecule has 1 unspecified atom stereocenters. The molecule has 0 amide bonds. The van der Waals surface area contributed by atoms with Crippen molar-refractivity contribution in [2.45, 2.75) is 18.9 Å². The smallest absolute Gasteiger partial charge is 0.0808 e. The van der Waals surface area contributed by atoms with Gasteiger partial charge in [-0.1, -0.05) is 50.1 Å². The molecule has 4 heterocycles. The Bertz CT molecular complexity index is 1530. The Kier molecular flexibility index (Phi) is 3.48. The van der Waals surface area contributed by atoms with Crippen LogP contribution in [0.3, 0.4) is 0 Å². The molecule has 4 nitrogen and oxygen atoms in total. The fourth-order valence-corrected chi connectivity index (χ4v) is 4.98. The van der Waals surface area contributed by atoms with Crippen LogP contribution in [0.5, 0.6) is 0 Å². The molecule has 0 aliphatic carbocycles. The molecule has 1 saturated heterocycles. The van der Waals surface area contributed by atoms with Crippen molar-refractivity contribution in [1.29, 1.82) is 0 Å². The second kappa shape index (κ2) is 6.10. The third-order valence-electron chi connectivity index (χ3n) is 6.38. The molecule has 0 bridgehead atoms. The number of fused-ring (bicyclic) bond motifs is 1. The fourth-order valence-electron chi connectivity index (χ4n) is 4.98. The average molecular weight is 390 g/mol. The first-order valence-electron chi connectivity index (χ1n) is 10.2. The van der Waals surface area contributed by atoms with E-state index in [1.807, 2.05) is 6.20 Å². The largest absolute Gasteiger partial charge is 0.362 e. The van der Waals surface area contributed by atoms with Crippen molar-refractivity contribution in [2.24, 2.45) is 0 Å². The minimum Gasteiger partial charge on any atom is -0.362 e. The molecule has 1 atom stereocenters. The highest BCUT2D eigenvalue weighted by molar-refractivity contribution is 6.15. The van der Waals surface area contributed by atoms with Crippen LogP contribution < -0.4 is 10.7 Å². The Labute approximate surface area is 174 Å². The summed E-state index contributed by atoms with van der Waals surface area (Å²) < 4.78 is 2.32. The Morgan fingerprint density at radius 1 is 0.967 bits per heavy atom. The van der Waals surface area contributed by atoms with Gasteiger partial charge in [0, 0.05) is 61.9 Å². The minimum atomic E-state index is 0.150. The number of H-pyrrole nitrogens is 1. The summed E-state index contributed by atoms with van der Waals surface area (Å²) in [4.78, 5) is 8.21. The SMILES string of the molecule is C=C1CCC(n2c(=C)c3ccc(-c4c[nH]c5ccccc45)c4nccc2c43)C(=C)N1. The molecule has 1 aliphatic heterocycles. The minimum absolute atomic E-state index is 0.150. The molecule has 0 radical (unpaired) electrons. The van der Waals surface area contributed by atoms with Crippen LogP contribution >= 0.6 is 0 Å². The van der Waals surface area contributed by atoms with E-state index in [1.54, 1.807) is 0 Å². The van der Waals surface area contributed by atoms with Gasteiger partial charge in [0.05, 0.1) is 17.1 Å². The van der Waals surface area contributed by atoms with E-state index in [0.29, 0.717) is 0 Å². The summed E-state index contributed by atoms with van der Waals surface area (Å²) in [6, 6.07) is 15.0. The first-order chi connectivity index (χ1) is 14.6. The van der Waals surface area contributed by atoms with Crippen molar-refractivity contribution >= 4 is 39.3 Å². The molecule has 0 saturated carbocycles. The molecule has 2 N–H and O–H groups in total. The lowest BCUT2D eigenvalue weighted by Crippen LogP contribution is -2.31. The van der Waals surface area contributed by atoms with Crippen LogP contribution in [0.1, 0.15) is 18.9 Å². The number of piperidine rings is 1. The zero-order chi connectivity index (χ0) is 20.4. The zero-order valence-corrected chi connectivity index (χ0v) is 16.7. The molecule has 6 rings (SSSR count). The Morgan fingerprint density at radius 2 is 1.83 bits per heavy atom. The molecule has 5 aromatic rings. The monoisotopic (exact) mass is 390 g/mol. The second-order valence-electron chi connectivity index (χ2n) is 8.09. The maximum Gasteiger partial charge on any atom is 0.0808 e. The predicted octanol–water partition coefficient (Wildman–Crippen LogP) is 5.42. The molecule has 2 aromatic carbocycles. The number of nitrogens with zero attached hydrogens (tertiary/aromatic N) is 2. The number of para-hydroxylation sites is 1. The van der Waals surface area contributed by atoms with Gasteiger partial charge in [-0.25, -0.2) is 0 Å². The lowest BCUT2D eigenvalue weighted by Gasteiger charge is -2.29. The van der Waals surface area contributed by atoms with Crippen LogP contribution in [-0.4, -0.2) is 14.5 Å². The van der Waals surface area contributed by atoms with Crippen molar-refractivity contribution in [3.63, 3.8) is 0 Å². The van der Waals surface area contributed by atoms with Crippen LogP contribution in [0, 0.1) is 0 Å². The molecule has 1 aliphatic rings. The van der Waals surface area contributed by atoms with Crippen molar-refractivity contribution in [2.75, 3.05) is 0 Å². The van der Waals surface area contributed by atoms with Gasteiger partial charge in [-0.05, 0) is 25.0 Å². The van der Waals surface area contributed by atoms with Gasteiger partial charge in [0.2, 0.25) is 0 Å². The highest BCUT2D eigenvalue weighted by atomic mass is 15.1.